The zero-order chi connectivity index (χ0) is 23.9. The van der Waals surface area contributed by atoms with Crippen molar-refractivity contribution in [3.05, 3.63) is 60.9 Å². The van der Waals surface area contributed by atoms with Crippen molar-refractivity contribution in [2.24, 2.45) is 5.41 Å². The topological polar surface area (TPSA) is 125 Å². The quantitative estimate of drug-likeness (QED) is 0.402. The van der Waals surface area contributed by atoms with Crippen LogP contribution in [0.25, 0.3) is 22.7 Å². The van der Waals surface area contributed by atoms with Crippen LogP contribution < -0.4 is 5.32 Å². The maximum atomic E-state index is 13.0. The van der Waals surface area contributed by atoms with Gasteiger partial charge >= 0.3 is 0 Å². The summed E-state index contributed by atoms with van der Waals surface area (Å²) in [6, 6.07) is 8.99. The number of aliphatic hydroxyl groups is 1. The number of hydrogen-bond acceptors (Lipinski definition) is 7. The maximum absolute atomic E-state index is 13.0. The van der Waals surface area contributed by atoms with Crippen molar-refractivity contribution in [3.63, 3.8) is 0 Å². The highest BCUT2D eigenvalue weighted by molar-refractivity contribution is 6.04. The lowest BCUT2D eigenvalue weighted by Gasteiger charge is -2.46. The van der Waals surface area contributed by atoms with E-state index in [1.165, 1.54) is 0 Å². The number of rotatable bonds is 6. The van der Waals surface area contributed by atoms with Gasteiger partial charge in [-0.1, -0.05) is 26.8 Å². The number of aliphatic hydroxyl groups excluding tert-OH is 1. The molecule has 0 saturated carbocycles. The van der Waals surface area contributed by atoms with Crippen molar-refractivity contribution < 1.29 is 14.3 Å². The van der Waals surface area contributed by atoms with Gasteiger partial charge in [-0.25, -0.2) is 0 Å². The van der Waals surface area contributed by atoms with Crippen LogP contribution in [0.5, 0.6) is 0 Å². The fourth-order valence-electron chi connectivity index (χ4n) is 3.95. The van der Waals surface area contributed by atoms with Crippen molar-refractivity contribution in [2.45, 2.75) is 33.0 Å². The first kappa shape index (κ1) is 22.1. The standard InChI is InChI=1S/C24H27N7O3/c1-24(2,3)23(33)30-12-16(13-30)31-14-18(21(29-31)17-6-4-5-9-25-17)28-22(32)20-8-7-19(34-20)15-10-26-27-11-15/h4-11,14,16,23,33H,12-13H2,1-3H3,(H,26,27)(H,28,32). The van der Waals surface area contributed by atoms with Gasteiger partial charge in [-0.15, -0.1) is 0 Å². The summed E-state index contributed by atoms with van der Waals surface area (Å²) in [5.41, 5.74) is 2.30. The Morgan fingerprint density at radius 2 is 2.09 bits per heavy atom. The summed E-state index contributed by atoms with van der Waals surface area (Å²) in [5.74, 6) is 0.343. The number of nitrogens with zero attached hydrogens (tertiary/aromatic N) is 5. The highest BCUT2D eigenvalue weighted by atomic mass is 16.4. The van der Waals surface area contributed by atoms with Gasteiger partial charge < -0.3 is 14.8 Å². The highest BCUT2D eigenvalue weighted by Gasteiger charge is 2.38. The van der Waals surface area contributed by atoms with Crippen molar-refractivity contribution in [1.82, 2.24) is 29.9 Å². The Balaban J connectivity index is 1.37. The molecule has 0 aliphatic carbocycles. The number of anilines is 1. The molecule has 4 aromatic heterocycles. The maximum Gasteiger partial charge on any atom is 0.291 e. The number of carbonyl (C=O) groups is 1. The first-order valence-electron chi connectivity index (χ1n) is 11.1. The fraction of sp³-hybridized carbons (Fsp3) is 0.333. The van der Waals surface area contributed by atoms with E-state index in [9.17, 15) is 9.90 Å². The highest BCUT2D eigenvalue weighted by Crippen LogP contribution is 2.33. The number of nitrogens with one attached hydrogen (secondary N) is 2. The van der Waals surface area contributed by atoms with Crippen LogP contribution in [0.3, 0.4) is 0 Å². The smallest absolute Gasteiger partial charge is 0.291 e. The monoisotopic (exact) mass is 461 g/mol. The lowest BCUT2D eigenvalue weighted by Crippen LogP contribution is -2.56. The van der Waals surface area contributed by atoms with E-state index in [-0.39, 0.29) is 23.1 Å². The lowest BCUT2D eigenvalue weighted by atomic mass is 9.91. The van der Waals surface area contributed by atoms with E-state index >= 15 is 0 Å². The number of H-pyrrole nitrogens is 1. The molecule has 0 spiro atoms. The molecule has 0 aromatic carbocycles. The Bertz CT molecular complexity index is 1270. The molecule has 1 aliphatic rings. The summed E-state index contributed by atoms with van der Waals surface area (Å²) in [6.07, 6.45) is 6.30. The minimum Gasteiger partial charge on any atom is -0.451 e. The molecule has 10 nitrogen and oxygen atoms in total. The van der Waals surface area contributed by atoms with Crippen molar-refractivity contribution in [2.75, 3.05) is 18.4 Å². The Labute approximate surface area is 196 Å². The van der Waals surface area contributed by atoms with Crippen LogP contribution in [0.2, 0.25) is 0 Å². The largest absolute Gasteiger partial charge is 0.451 e. The summed E-state index contributed by atoms with van der Waals surface area (Å²) in [6.45, 7) is 7.37. The van der Waals surface area contributed by atoms with Gasteiger partial charge in [-0.2, -0.15) is 10.2 Å². The van der Waals surface area contributed by atoms with Crippen LogP contribution >= 0.6 is 0 Å². The molecule has 1 amide bonds. The molecule has 5 rings (SSSR count). The van der Waals surface area contributed by atoms with Crippen LogP contribution in [0.4, 0.5) is 5.69 Å². The molecular formula is C24H27N7O3. The van der Waals surface area contributed by atoms with Gasteiger partial charge in [0.2, 0.25) is 0 Å². The molecular weight excluding hydrogens is 434 g/mol. The van der Waals surface area contributed by atoms with E-state index in [1.54, 1.807) is 30.7 Å². The van der Waals surface area contributed by atoms with E-state index < -0.39 is 6.23 Å². The number of pyridine rings is 1. The second-order valence-corrected chi connectivity index (χ2v) is 9.54. The number of furan rings is 1. The Hall–Kier alpha value is -3.76. The Morgan fingerprint density at radius 1 is 1.26 bits per heavy atom. The third-order valence-electron chi connectivity index (χ3n) is 5.89. The third-order valence-corrected chi connectivity index (χ3v) is 5.89. The van der Waals surface area contributed by atoms with Crippen molar-refractivity contribution >= 4 is 11.6 Å². The molecule has 0 bridgehead atoms. The fourth-order valence-corrected chi connectivity index (χ4v) is 3.95. The molecule has 1 atom stereocenters. The van der Waals surface area contributed by atoms with Gasteiger partial charge in [0.25, 0.3) is 5.91 Å². The van der Waals surface area contributed by atoms with Gasteiger partial charge in [-0.05, 0) is 24.3 Å². The average molecular weight is 462 g/mol. The SMILES string of the molecule is CC(C)(C)C(O)N1CC(n2cc(NC(=O)c3ccc(-c4cn[nH]c4)o3)c(-c3ccccn3)n2)C1. The molecule has 0 radical (unpaired) electrons. The molecule has 1 fully saturated rings. The number of amides is 1. The van der Waals surface area contributed by atoms with Crippen LogP contribution in [0, 0.1) is 5.41 Å². The van der Waals surface area contributed by atoms with Gasteiger partial charge in [0.05, 0.1) is 29.2 Å². The molecule has 1 aliphatic heterocycles. The second-order valence-electron chi connectivity index (χ2n) is 9.54. The molecule has 176 valence electrons. The van der Waals surface area contributed by atoms with Crippen molar-refractivity contribution in [1.29, 1.82) is 0 Å². The summed E-state index contributed by atoms with van der Waals surface area (Å²) < 4.78 is 7.55. The third kappa shape index (κ3) is 4.25. The van der Waals surface area contributed by atoms with Crippen molar-refractivity contribution in [3.8, 4) is 22.7 Å². The summed E-state index contributed by atoms with van der Waals surface area (Å²) in [7, 11) is 0. The first-order chi connectivity index (χ1) is 16.3. The molecule has 10 heteroatoms. The van der Waals surface area contributed by atoms with E-state index in [1.807, 2.05) is 54.7 Å². The average Bonchev–Trinajstić information content (AvgIpc) is 3.53. The zero-order valence-corrected chi connectivity index (χ0v) is 19.3. The van der Waals surface area contributed by atoms with Crippen LogP contribution in [-0.2, 0) is 0 Å². The first-order valence-corrected chi connectivity index (χ1v) is 11.1. The predicted octanol–water partition coefficient (Wildman–Crippen LogP) is 3.40. The van der Waals surface area contributed by atoms with Gasteiger partial charge in [0.1, 0.15) is 17.7 Å². The second kappa shape index (κ2) is 8.54. The molecule has 1 unspecified atom stereocenters. The van der Waals surface area contributed by atoms with Crippen LogP contribution in [-0.4, -0.2) is 60.2 Å². The molecule has 5 heterocycles. The van der Waals surface area contributed by atoms with Gasteiger partial charge in [0, 0.05) is 37.1 Å². The van der Waals surface area contributed by atoms with E-state index in [0.29, 0.717) is 35.9 Å². The van der Waals surface area contributed by atoms with E-state index in [0.717, 1.165) is 5.56 Å². The summed E-state index contributed by atoms with van der Waals surface area (Å²) in [4.78, 5) is 19.4. The Morgan fingerprint density at radius 3 is 2.76 bits per heavy atom. The normalized spacial score (nSPS) is 15.8. The summed E-state index contributed by atoms with van der Waals surface area (Å²) >= 11 is 0. The van der Waals surface area contributed by atoms with Gasteiger partial charge in [0.15, 0.2) is 5.76 Å². The van der Waals surface area contributed by atoms with E-state index in [4.69, 9.17) is 9.52 Å². The Kier molecular flexibility index (Phi) is 5.54. The molecule has 3 N–H and O–H groups in total. The number of aromatic amines is 1. The molecule has 34 heavy (non-hydrogen) atoms. The number of carbonyl (C=O) groups excluding carboxylic acids is 1. The predicted molar refractivity (Wildman–Crippen MR) is 126 cm³/mol. The minimum absolute atomic E-state index is 0.0846. The van der Waals surface area contributed by atoms with Crippen LogP contribution in [0.15, 0.2) is 59.5 Å². The number of aromatic nitrogens is 5. The summed E-state index contributed by atoms with van der Waals surface area (Å²) in [5, 5.41) is 24.8. The van der Waals surface area contributed by atoms with Crippen LogP contribution in [0.1, 0.15) is 37.4 Å². The number of hydrogen-bond donors (Lipinski definition) is 3. The lowest BCUT2D eigenvalue weighted by molar-refractivity contribution is -0.118. The molecule has 4 aromatic rings. The number of likely N-dealkylation sites (tertiary alicyclic amines) is 1. The van der Waals surface area contributed by atoms with Gasteiger partial charge in [-0.3, -0.25) is 24.5 Å². The minimum atomic E-state index is -0.530. The van der Waals surface area contributed by atoms with E-state index in [2.05, 4.69) is 20.5 Å². The zero-order valence-electron chi connectivity index (χ0n) is 19.3. The molecule has 1 saturated heterocycles.